The summed E-state index contributed by atoms with van der Waals surface area (Å²) in [6.45, 7) is 7.26. The topological polar surface area (TPSA) is 81.1 Å². The molecule has 0 radical (unpaired) electrons. The van der Waals surface area contributed by atoms with Crippen molar-refractivity contribution in [2.24, 2.45) is 28.6 Å². The summed E-state index contributed by atoms with van der Waals surface area (Å²) in [6.07, 6.45) is 8.03. The standard InChI is InChI=1S/C31H39FN2O4.2ClH/c1-29-11-9-23(35)17-20(29)3-8-24-25-10-12-31(38,30(25,2)18-26(36)28(24)29)27(37)19-33-13-15-34(16-14-33)22-6-4-21(32)5-7-22;;/h4-7,9,11,17,24-26,28,36,38H,3,8,10,12-16,18-19H2,1-2H3;2*1H/t24-,25-,26?,28+,29-,30-,31-;;/m0../s1. The maximum absolute atomic E-state index is 13.8. The van der Waals surface area contributed by atoms with Crippen LogP contribution in [0.1, 0.15) is 46.0 Å². The van der Waals surface area contributed by atoms with Crippen molar-refractivity contribution < 1.29 is 24.2 Å². The summed E-state index contributed by atoms with van der Waals surface area (Å²) in [5, 5.41) is 23.6. The number of allylic oxidation sites excluding steroid dienone is 4. The van der Waals surface area contributed by atoms with Gasteiger partial charge in [-0.2, -0.15) is 0 Å². The number of rotatable bonds is 4. The number of piperazine rings is 1. The van der Waals surface area contributed by atoms with Gasteiger partial charge in [0, 0.05) is 48.6 Å². The lowest BCUT2D eigenvalue weighted by atomic mass is 9.46. The molecule has 4 fully saturated rings. The number of hydrogen-bond donors (Lipinski definition) is 2. The first kappa shape index (κ1) is 31.2. The smallest absolute Gasteiger partial charge is 0.178 e. The molecule has 0 aromatic heterocycles. The first-order chi connectivity index (χ1) is 18.0. The van der Waals surface area contributed by atoms with E-state index >= 15 is 0 Å². The van der Waals surface area contributed by atoms with Gasteiger partial charge in [-0.05, 0) is 80.4 Å². The number of hydrogen-bond acceptors (Lipinski definition) is 6. The molecule has 9 heteroatoms. The lowest BCUT2D eigenvalue weighted by molar-refractivity contribution is -0.177. The molecule has 6 nitrogen and oxygen atoms in total. The maximum Gasteiger partial charge on any atom is 0.178 e. The zero-order chi connectivity index (χ0) is 26.9. The highest BCUT2D eigenvalue weighted by molar-refractivity contribution is 6.01. The fraction of sp³-hybridized carbons (Fsp3) is 0.613. The van der Waals surface area contributed by atoms with Crippen molar-refractivity contribution in [1.82, 2.24) is 4.90 Å². The number of ketones is 2. The summed E-state index contributed by atoms with van der Waals surface area (Å²) in [7, 11) is 0. The lowest BCUT2D eigenvalue weighted by Gasteiger charge is -2.59. The third-order valence-electron chi connectivity index (χ3n) is 11.0. The first-order valence-corrected chi connectivity index (χ1v) is 14.2. The average molecular weight is 596 g/mol. The summed E-state index contributed by atoms with van der Waals surface area (Å²) in [4.78, 5) is 30.1. The zero-order valence-corrected chi connectivity index (χ0v) is 24.9. The maximum atomic E-state index is 13.8. The Kier molecular flexibility index (Phi) is 8.68. The number of fused-ring (bicyclic) bond motifs is 5. The van der Waals surface area contributed by atoms with Gasteiger partial charge >= 0.3 is 0 Å². The van der Waals surface area contributed by atoms with Crippen LogP contribution in [0.5, 0.6) is 0 Å². The Bertz CT molecular complexity index is 1200. The number of carbonyl (C=O) groups is 2. The summed E-state index contributed by atoms with van der Waals surface area (Å²) >= 11 is 0. The monoisotopic (exact) mass is 594 g/mol. The van der Waals surface area contributed by atoms with Crippen LogP contribution in [0.25, 0.3) is 0 Å². The van der Waals surface area contributed by atoms with E-state index < -0.39 is 17.1 Å². The molecule has 2 N–H and O–H groups in total. The van der Waals surface area contributed by atoms with E-state index in [0.29, 0.717) is 25.9 Å². The van der Waals surface area contributed by atoms with E-state index in [2.05, 4.69) is 16.7 Å². The summed E-state index contributed by atoms with van der Waals surface area (Å²) in [5.41, 5.74) is -0.395. The van der Waals surface area contributed by atoms with Gasteiger partial charge < -0.3 is 15.1 Å². The molecule has 7 atom stereocenters. The van der Waals surface area contributed by atoms with Gasteiger partial charge in [0.2, 0.25) is 0 Å². The van der Waals surface area contributed by atoms with Crippen molar-refractivity contribution in [3.05, 3.63) is 53.9 Å². The van der Waals surface area contributed by atoms with Crippen LogP contribution < -0.4 is 4.90 Å². The van der Waals surface area contributed by atoms with Gasteiger partial charge in [0.25, 0.3) is 0 Å². The summed E-state index contributed by atoms with van der Waals surface area (Å²) in [6, 6.07) is 6.50. The van der Waals surface area contributed by atoms with Crippen molar-refractivity contribution in [2.75, 3.05) is 37.6 Å². The largest absolute Gasteiger partial charge is 0.393 e. The molecule has 220 valence electrons. The van der Waals surface area contributed by atoms with Crippen LogP contribution in [0.4, 0.5) is 10.1 Å². The minimum absolute atomic E-state index is 0. The zero-order valence-electron chi connectivity index (χ0n) is 23.2. The molecule has 40 heavy (non-hydrogen) atoms. The third-order valence-corrected chi connectivity index (χ3v) is 11.0. The molecule has 5 aliphatic rings. The minimum Gasteiger partial charge on any atom is -0.393 e. The number of aliphatic hydroxyl groups is 2. The molecule has 6 rings (SSSR count). The van der Waals surface area contributed by atoms with Crippen LogP contribution in [0.3, 0.4) is 0 Å². The van der Waals surface area contributed by atoms with Crippen LogP contribution in [-0.4, -0.2) is 71.1 Å². The minimum atomic E-state index is -1.45. The van der Waals surface area contributed by atoms with Crippen molar-refractivity contribution in [3.8, 4) is 0 Å². The van der Waals surface area contributed by atoms with E-state index in [1.54, 1.807) is 24.3 Å². The Balaban J connectivity index is 0.00000185. The van der Waals surface area contributed by atoms with E-state index in [0.717, 1.165) is 43.6 Å². The lowest BCUT2D eigenvalue weighted by Crippen LogP contribution is -2.62. The molecule has 1 aromatic carbocycles. The SMILES string of the molecule is C[C@]12C=CC(=O)C=C1CC[C@@H]1[C@@H]2C(O)C[C@@]2(C)[C@H]1CC[C@]2(O)C(=O)CN1CCN(c2ccc(F)cc2)CC1.Cl.Cl. The quantitative estimate of drug-likeness (QED) is 0.539. The van der Waals surface area contributed by atoms with Gasteiger partial charge in [0.15, 0.2) is 11.6 Å². The van der Waals surface area contributed by atoms with Gasteiger partial charge in [0.1, 0.15) is 11.4 Å². The van der Waals surface area contributed by atoms with Gasteiger partial charge in [-0.15, -0.1) is 24.8 Å². The number of anilines is 1. The van der Waals surface area contributed by atoms with Crippen molar-refractivity contribution >= 4 is 42.1 Å². The number of carbonyl (C=O) groups excluding carboxylic acids is 2. The van der Waals surface area contributed by atoms with E-state index in [-0.39, 0.29) is 71.9 Å². The second-order valence-electron chi connectivity index (χ2n) is 12.8. The Morgan fingerprint density at radius 2 is 1.75 bits per heavy atom. The molecule has 1 aliphatic heterocycles. The van der Waals surface area contributed by atoms with E-state index in [1.165, 1.54) is 12.1 Å². The molecule has 0 spiro atoms. The number of benzene rings is 1. The molecule has 0 bridgehead atoms. The normalized spacial score (nSPS) is 38.8. The second-order valence-corrected chi connectivity index (χ2v) is 12.8. The van der Waals surface area contributed by atoms with Crippen molar-refractivity contribution in [3.63, 3.8) is 0 Å². The molecule has 1 saturated heterocycles. The van der Waals surface area contributed by atoms with Gasteiger partial charge in [-0.25, -0.2) is 4.39 Å². The fourth-order valence-corrected chi connectivity index (χ4v) is 8.94. The number of aliphatic hydroxyl groups excluding tert-OH is 1. The van der Waals surface area contributed by atoms with Crippen molar-refractivity contribution in [2.45, 2.75) is 57.7 Å². The molecular weight excluding hydrogens is 554 g/mol. The van der Waals surface area contributed by atoms with Crippen LogP contribution >= 0.6 is 24.8 Å². The van der Waals surface area contributed by atoms with E-state index in [1.807, 2.05) is 13.0 Å². The Morgan fingerprint density at radius 3 is 2.42 bits per heavy atom. The summed E-state index contributed by atoms with van der Waals surface area (Å²) in [5.74, 6) is -0.0193. The number of halogens is 3. The molecular formula is C31H41Cl2FN2O4. The highest BCUT2D eigenvalue weighted by Gasteiger charge is 2.68. The predicted molar refractivity (Wildman–Crippen MR) is 158 cm³/mol. The van der Waals surface area contributed by atoms with Gasteiger partial charge in [-0.3, -0.25) is 14.5 Å². The van der Waals surface area contributed by atoms with Crippen LogP contribution in [-0.2, 0) is 9.59 Å². The number of Topliss-reactive ketones (excluding diaryl/α,β-unsaturated/α-hetero) is 1. The molecule has 1 aromatic rings. The third kappa shape index (κ3) is 4.76. The summed E-state index contributed by atoms with van der Waals surface area (Å²) < 4.78 is 13.3. The van der Waals surface area contributed by atoms with Crippen LogP contribution in [0.15, 0.2) is 48.1 Å². The molecule has 3 saturated carbocycles. The van der Waals surface area contributed by atoms with Gasteiger partial charge in [-0.1, -0.05) is 25.5 Å². The fourth-order valence-electron chi connectivity index (χ4n) is 8.94. The van der Waals surface area contributed by atoms with Gasteiger partial charge in [0.05, 0.1) is 12.6 Å². The molecule has 1 unspecified atom stereocenters. The number of nitrogens with zero attached hydrogens (tertiary/aromatic N) is 2. The van der Waals surface area contributed by atoms with E-state index in [9.17, 15) is 24.2 Å². The molecule has 0 amide bonds. The highest BCUT2D eigenvalue weighted by atomic mass is 35.5. The Labute approximate surface area is 248 Å². The predicted octanol–water partition coefficient (Wildman–Crippen LogP) is 4.37. The Hall–Kier alpha value is -1.77. The highest BCUT2D eigenvalue weighted by Crippen LogP contribution is 2.67. The molecule has 4 aliphatic carbocycles. The van der Waals surface area contributed by atoms with Crippen LogP contribution in [0.2, 0.25) is 0 Å². The Morgan fingerprint density at radius 1 is 1.07 bits per heavy atom. The molecule has 1 heterocycles. The second kappa shape index (κ2) is 11.1. The van der Waals surface area contributed by atoms with Crippen LogP contribution in [0, 0.1) is 34.4 Å². The first-order valence-electron chi connectivity index (χ1n) is 14.2. The van der Waals surface area contributed by atoms with Crippen molar-refractivity contribution in [1.29, 1.82) is 0 Å². The van der Waals surface area contributed by atoms with E-state index in [4.69, 9.17) is 0 Å². The average Bonchev–Trinajstić information content (AvgIpc) is 3.16.